The van der Waals surface area contributed by atoms with Gasteiger partial charge in [-0.25, -0.2) is 0 Å². The fourth-order valence-corrected chi connectivity index (χ4v) is 13.1. The molecule has 4 nitrogen and oxygen atoms in total. The van der Waals surface area contributed by atoms with Crippen LogP contribution in [0.5, 0.6) is 0 Å². The van der Waals surface area contributed by atoms with Crippen LogP contribution in [0.15, 0.2) is 0 Å². The first-order chi connectivity index (χ1) is 16.1. The first-order valence-corrected chi connectivity index (χ1v) is 18.2. The highest BCUT2D eigenvalue weighted by atomic mass is 35.5. The zero-order chi connectivity index (χ0) is 24.7. The van der Waals surface area contributed by atoms with Crippen LogP contribution in [0.1, 0.15) is 117 Å². The molecule has 0 rings (SSSR count). The maximum Gasteiger partial charge on any atom is 0.165 e. The molecule has 0 aromatic heterocycles. The number of halogens is 1. The van der Waals surface area contributed by atoms with Gasteiger partial charge in [0.15, 0.2) is 29.3 Å². The molecule has 0 fully saturated rings. The lowest BCUT2D eigenvalue weighted by atomic mass is 10.0. The van der Waals surface area contributed by atoms with Crippen LogP contribution in [0, 0.1) is 0 Å². The van der Waals surface area contributed by atoms with Crippen molar-refractivity contribution in [1.82, 2.24) is 0 Å². The van der Waals surface area contributed by atoms with Gasteiger partial charge in [-0.2, -0.15) is 0 Å². The molecule has 0 aliphatic heterocycles. The van der Waals surface area contributed by atoms with Gasteiger partial charge in [0.1, 0.15) is 0 Å². The van der Waals surface area contributed by atoms with Gasteiger partial charge in [0.2, 0.25) is 0 Å². The molecule has 34 heavy (non-hydrogen) atoms. The molecule has 0 N–H and O–H groups in total. The van der Waals surface area contributed by atoms with Crippen molar-refractivity contribution in [3.63, 3.8) is 0 Å². The lowest BCUT2D eigenvalue weighted by Gasteiger charge is -2.42. The van der Waals surface area contributed by atoms with Crippen LogP contribution in [0.2, 0.25) is 4.28 Å². The molecule has 208 valence electrons. The van der Waals surface area contributed by atoms with E-state index in [1.54, 1.807) is 0 Å². The van der Waals surface area contributed by atoms with E-state index in [0.29, 0.717) is 4.28 Å². The largest absolute Gasteiger partial charge is 1.00 e. The number of hydrogen-bond acceptors (Lipinski definition) is 3. The highest BCUT2D eigenvalue weighted by molar-refractivity contribution is 6.74. The van der Waals surface area contributed by atoms with E-state index in [2.05, 4.69) is 20.8 Å². The normalized spacial score (nSPS) is 14.6. The third-order valence-electron chi connectivity index (χ3n) is 7.35. The summed E-state index contributed by atoms with van der Waals surface area (Å²) >= 11 is 0. The average Bonchev–Trinajstić information content (AvgIpc) is 2.79. The van der Waals surface area contributed by atoms with E-state index in [0.717, 1.165) is 0 Å². The first-order valence-electron chi connectivity index (χ1n) is 14.4. The first kappa shape index (κ1) is 36.9. The van der Waals surface area contributed by atoms with Crippen molar-refractivity contribution < 1.29 is 30.2 Å². The molecule has 0 radical (unpaired) electrons. The van der Waals surface area contributed by atoms with E-state index < -0.39 is 29.3 Å². The van der Waals surface area contributed by atoms with Crippen molar-refractivity contribution in [3.8, 4) is 0 Å². The Hall–Kier alpha value is 0.781. The van der Waals surface area contributed by atoms with E-state index in [-0.39, 0.29) is 12.4 Å². The van der Waals surface area contributed by atoms with Crippen LogP contribution in [-0.4, -0.2) is 81.3 Å². The zero-order valence-electron chi connectivity index (χ0n) is 24.1. The summed E-state index contributed by atoms with van der Waals surface area (Å²) in [6, 6.07) is 0. The Kier molecular flexibility index (Phi) is 27.6. The van der Waals surface area contributed by atoms with Gasteiger partial charge in [-0.1, -0.05) is 85.0 Å². The van der Waals surface area contributed by atoms with Gasteiger partial charge >= 0.3 is 0 Å². The number of nitrogens with zero attached hydrogens (tertiary/aromatic N) is 1. The molecule has 0 aliphatic rings. The molecular formula is C26H62ClNO3Si3. The number of hydrogen-bond donors (Lipinski definition) is 0. The van der Waals surface area contributed by atoms with Crippen molar-refractivity contribution >= 4 is 29.3 Å². The van der Waals surface area contributed by atoms with Gasteiger partial charge in [0, 0.05) is 32.0 Å². The minimum atomic E-state index is -0.571. The monoisotopic (exact) mass is 555 g/mol. The Bertz CT molecular complexity index is 400. The second-order valence-corrected chi connectivity index (χ2v) is 20.8. The molecule has 0 aromatic rings. The molecule has 0 atom stereocenters. The number of rotatable bonds is 26. The summed E-state index contributed by atoms with van der Waals surface area (Å²) < 4.78 is 19.1. The van der Waals surface area contributed by atoms with Gasteiger partial charge in [-0.15, -0.1) is 0 Å². The third-order valence-corrected chi connectivity index (χ3v) is 14.8. The topological polar surface area (TPSA) is 27.7 Å². The van der Waals surface area contributed by atoms with Gasteiger partial charge in [0.05, 0.1) is 26.2 Å². The number of quaternary nitrogens is 1. The molecular weight excluding hydrogens is 494 g/mol. The maximum absolute atomic E-state index is 5.82. The van der Waals surface area contributed by atoms with Crippen molar-refractivity contribution in [2.75, 3.05) is 47.5 Å². The lowest BCUT2D eigenvalue weighted by molar-refractivity contribution is -0.928. The molecule has 0 aromatic carbocycles. The smallest absolute Gasteiger partial charge is 0.165 e. The van der Waals surface area contributed by atoms with Crippen LogP contribution < -0.4 is 12.4 Å². The Labute approximate surface area is 227 Å². The molecule has 0 saturated heterocycles. The fourth-order valence-electron chi connectivity index (χ4n) is 5.64. The Morgan fingerprint density at radius 2 is 0.882 bits per heavy atom. The minimum absolute atomic E-state index is 0. The maximum atomic E-state index is 5.82. The van der Waals surface area contributed by atoms with Crippen molar-refractivity contribution in [3.05, 3.63) is 0 Å². The second kappa shape index (κ2) is 25.4. The summed E-state index contributed by atoms with van der Waals surface area (Å²) in [6.07, 6.45) is 21.1. The van der Waals surface area contributed by atoms with Crippen LogP contribution in [-0.2, 0) is 13.3 Å². The molecule has 8 heteroatoms. The summed E-state index contributed by atoms with van der Waals surface area (Å²) in [5, 5.41) is 0. The quantitative estimate of drug-likeness (QED) is 0.0928. The standard InChI is InChI=1S/C26H62NO3Si3.ClH/c1-7-10-11-12-13-14-15-16-17-18-19-20-24-27(22-8-2,23-9-3)25-21-26(31-28-4,32-29-5)33-30-6;/h7-25,31-33H2,1-6H3;1H/q+1;/p-1. The Morgan fingerprint density at radius 1 is 0.500 bits per heavy atom. The summed E-state index contributed by atoms with van der Waals surface area (Å²) in [6.45, 7) is 12.4. The highest BCUT2D eigenvalue weighted by Gasteiger charge is 2.37. The van der Waals surface area contributed by atoms with E-state index in [1.165, 1.54) is 127 Å². The van der Waals surface area contributed by atoms with Gasteiger partial charge < -0.3 is 30.2 Å². The Balaban J connectivity index is 0. The summed E-state index contributed by atoms with van der Waals surface area (Å²) in [5.74, 6) is 0. The average molecular weight is 556 g/mol. The SMILES string of the molecule is CCCCCCCCCCCCCC[N+](CCC)(CCC)CCC([SiH2]OC)([SiH2]OC)[SiH2]OC.[Cl-]. The van der Waals surface area contributed by atoms with Gasteiger partial charge in [-0.05, 0) is 25.7 Å². The Morgan fingerprint density at radius 3 is 1.24 bits per heavy atom. The van der Waals surface area contributed by atoms with E-state index in [9.17, 15) is 0 Å². The van der Waals surface area contributed by atoms with Crippen LogP contribution >= 0.6 is 0 Å². The van der Waals surface area contributed by atoms with E-state index in [1.807, 2.05) is 21.3 Å². The zero-order valence-corrected chi connectivity index (χ0v) is 29.1. The summed E-state index contributed by atoms with van der Waals surface area (Å²) in [7, 11) is 4.00. The van der Waals surface area contributed by atoms with Crippen molar-refractivity contribution in [2.45, 2.75) is 121 Å². The molecule has 0 aliphatic carbocycles. The summed E-state index contributed by atoms with van der Waals surface area (Å²) in [5.41, 5.74) is 0. The van der Waals surface area contributed by atoms with E-state index >= 15 is 0 Å². The lowest BCUT2D eigenvalue weighted by Crippen LogP contribution is -3.00. The molecule has 0 amide bonds. The van der Waals surface area contributed by atoms with Crippen LogP contribution in [0.25, 0.3) is 0 Å². The molecule has 0 bridgehead atoms. The minimum Gasteiger partial charge on any atom is -1.00 e. The highest BCUT2D eigenvalue weighted by Crippen LogP contribution is 2.30. The fraction of sp³-hybridized carbons (Fsp3) is 1.00. The molecule has 0 heterocycles. The predicted molar refractivity (Wildman–Crippen MR) is 155 cm³/mol. The van der Waals surface area contributed by atoms with E-state index in [4.69, 9.17) is 13.3 Å². The van der Waals surface area contributed by atoms with Gasteiger partial charge in [0.25, 0.3) is 0 Å². The predicted octanol–water partition coefficient (Wildman–Crippen LogP) is 1.98. The van der Waals surface area contributed by atoms with Gasteiger partial charge in [-0.3, -0.25) is 0 Å². The molecule has 0 spiro atoms. The van der Waals surface area contributed by atoms with Crippen molar-refractivity contribution in [2.24, 2.45) is 0 Å². The van der Waals surface area contributed by atoms with Crippen molar-refractivity contribution in [1.29, 1.82) is 0 Å². The number of unbranched alkanes of at least 4 members (excludes halogenated alkanes) is 11. The summed E-state index contributed by atoms with van der Waals surface area (Å²) in [4.78, 5) is 0. The second-order valence-electron chi connectivity index (χ2n) is 10.7. The third kappa shape index (κ3) is 18.1. The molecule has 0 unspecified atom stereocenters. The van der Waals surface area contributed by atoms with Crippen LogP contribution in [0.4, 0.5) is 0 Å². The van der Waals surface area contributed by atoms with Crippen LogP contribution in [0.3, 0.4) is 0 Å². The molecule has 0 saturated carbocycles.